The van der Waals surface area contributed by atoms with Gasteiger partial charge in [-0.25, -0.2) is 4.79 Å². The highest BCUT2D eigenvalue weighted by Gasteiger charge is 2.48. The van der Waals surface area contributed by atoms with Crippen LogP contribution in [0.2, 0.25) is 0 Å². The quantitative estimate of drug-likeness (QED) is 0.781. The minimum absolute atomic E-state index is 0.490. The van der Waals surface area contributed by atoms with Crippen molar-refractivity contribution in [2.45, 2.75) is 44.3 Å². The van der Waals surface area contributed by atoms with Crippen LogP contribution < -0.4 is 0 Å². The van der Waals surface area contributed by atoms with E-state index in [0.717, 1.165) is 23.7 Å². The highest BCUT2D eigenvalue weighted by molar-refractivity contribution is 8.02. The van der Waals surface area contributed by atoms with Crippen LogP contribution in [0.5, 0.6) is 0 Å². The standard InChI is InChI=1S/C14H20O2S/c1-8(14(15)16)7-17-13-11-3-9-2-10(5-11)6-12(13)4-9/h7,9-13H,2-6H2,1H3,(H,15,16)/b8-7-. The van der Waals surface area contributed by atoms with Crippen molar-refractivity contribution in [3.05, 3.63) is 11.0 Å². The molecule has 0 unspecified atom stereocenters. The second-order valence-corrected chi connectivity index (χ2v) is 7.19. The largest absolute Gasteiger partial charge is 0.478 e. The molecule has 0 heterocycles. The van der Waals surface area contributed by atoms with E-state index in [2.05, 4.69) is 0 Å². The molecule has 0 aliphatic heterocycles. The molecule has 0 atom stereocenters. The average molecular weight is 252 g/mol. The molecule has 4 rings (SSSR count). The monoisotopic (exact) mass is 252 g/mol. The van der Waals surface area contributed by atoms with E-state index in [9.17, 15) is 4.79 Å². The maximum Gasteiger partial charge on any atom is 0.331 e. The smallest absolute Gasteiger partial charge is 0.331 e. The lowest BCUT2D eigenvalue weighted by molar-refractivity contribution is -0.132. The van der Waals surface area contributed by atoms with Gasteiger partial charge in [0.25, 0.3) is 0 Å². The molecule has 3 heteroatoms. The number of thioether (sulfide) groups is 1. The van der Waals surface area contributed by atoms with E-state index in [-0.39, 0.29) is 0 Å². The number of hydrogen-bond acceptors (Lipinski definition) is 2. The molecular formula is C14H20O2S. The van der Waals surface area contributed by atoms with Crippen LogP contribution in [0.3, 0.4) is 0 Å². The Morgan fingerprint density at radius 1 is 1.12 bits per heavy atom. The first-order valence-corrected chi connectivity index (χ1v) is 7.63. The fourth-order valence-corrected chi connectivity index (χ4v) is 5.68. The third kappa shape index (κ3) is 2.14. The lowest BCUT2D eigenvalue weighted by Crippen LogP contribution is -2.46. The summed E-state index contributed by atoms with van der Waals surface area (Å²) in [6, 6.07) is 0. The summed E-state index contributed by atoms with van der Waals surface area (Å²) in [5.41, 5.74) is 0.490. The van der Waals surface area contributed by atoms with Gasteiger partial charge in [-0.1, -0.05) is 0 Å². The van der Waals surface area contributed by atoms with E-state index in [1.54, 1.807) is 18.7 Å². The molecule has 4 aliphatic rings. The molecule has 17 heavy (non-hydrogen) atoms. The molecule has 4 saturated carbocycles. The zero-order valence-electron chi connectivity index (χ0n) is 10.3. The van der Waals surface area contributed by atoms with Gasteiger partial charge in [-0.2, -0.15) is 0 Å². The Kier molecular flexibility index (Phi) is 2.97. The Morgan fingerprint density at radius 2 is 1.65 bits per heavy atom. The van der Waals surface area contributed by atoms with Crippen molar-refractivity contribution in [2.24, 2.45) is 23.7 Å². The fraction of sp³-hybridized carbons (Fsp3) is 0.786. The van der Waals surface area contributed by atoms with E-state index in [1.807, 2.05) is 5.41 Å². The molecule has 1 N–H and O–H groups in total. The van der Waals surface area contributed by atoms with E-state index in [1.165, 1.54) is 32.1 Å². The maximum absolute atomic E-state index is 10.8. The topological polar surface area (TPSA) is 37.3 Å². The van der Waals surface area contributed by atoms with Crippen molar-refractivity contribution in [2.75, 3.05) is 0 Å². The lowest BCUT2D eigenvalue weighted by atomic mass is 9.56. The van der Waals surface area contributed by atoms with Gasteiger partial charge in [-0.3, -0.25) is 0 Å². The van der Waals surface area contributed by atoms with Crippen molar-refractivity contribution in [1.82, 2.24) is 0 Å². The van der Waals surface area contributed by atoms with Gasteiger partial charge in [0.15, 0.2) is 0 Å². The van der Waals surface area contributed by atoms with Crippen LogP contribution in [-0.2, 0) is 4.79 Å². The third-order valence-electron chi connectivity index (χ3n) is 4.88. The molecule has 0 aromatic heterocycles. The summed E-state index contributed by atoms with van der Waals surface area (Å²) in [5.74, 6) is 2.96. The van der Waals surface area contributed by atoms with Gasteiger partial charge in [0.05, 0.1) is 0 Å². The summed E-state index contributed by atoms with van der Waals surface area (Å²) in [6.45, 7) is 1.70. The molecule has 2 nitrogen and oxygen atoms in total. The summed E-state index contributed by atoms with van der Waals surface area (Å²) in [5, 5.41) is 11.5. The molecule has 4 bridgehead atoms. The molecular weight excluding hydrogens is 232 g/mol. The number of rotatable bonds is 3. The van der Waals surface area contributed by atoms with E-state index < -0.39 is 5.97 Å². The molecule has 0 radical (unpaired) electrons. The first kappa shape index (κ1) is 11.6. The molecule has 4 aliphatic carbocycles. The average Bonchev–Trinajstić information content (AvgIpc) is 2.26. The van der Waals surface area contributed by atoms with E-state index in [4.69, 9.17) is 5.11 Å². The van der Waals surface area contributed by atoms with Gasteiger partial charge in [-0.15, -0.1) is 11.8 Å². The molecule has 0 aromatic carbocycles. The highest BCUT2D eigenvalue weighted by atomic mass is 32.2. The minimum atomic E-state index is -0.777. The van der Waals surface area contributed by atoms with E-state index in [0.29, 0.717) is 10.8 Å². The zero-order chi connectivity index (χ0) is 12.0. The first-order valence-electron chi connectivity index (χ1n) is 6.69. The molecule has 0 amide bonds. The Bertz CT molecular complexity index is 333. The third-order valence-corrected chi connectivity index (χ3v) is 6.45. The number of carbonyl (C=O) groups is 1. The molecule has 0 aromatic rings. The van der Waals surface area contributed by atoms with Crippen molar-refractivity contribution < 1.29 is 9.90 Å². The van der Waals surface area contributed by atoms with Crippen LogP contribution in [0, 0.1) is 23.7 Å². The van der Waals surface area contributed by atoms with Crippen molar-refractivity contribution >= 4 is 17.7 Å². The van der Waals surface area contributed by atoms with Crippen molar-refractivity contribution in [3.8, 4) is 0 Å². The summed E-state index contributed by atoms with van der Waals surface area (Å²) >= 11 is 1.81. The Morgan fingerprint density at radius 3 is 2.12 bits per heavy atom. The van der Waals surface area contributed by atoms with Crippen LogP contribution in [0.1, 0.15) is 39.0 Å². The molecule has 0 saturated heterocycles. The SMILES string of the molecule is C/C(=C/SC1C2CC3CC(C2)CC1C3)C(=O)O. The second-order valence-electron chi connectivity index (χ2n) is 6.14. The maximum atomic E-state index is 10.8. The van der Waals surface area contributed by atoms with Gasteiger partial charge in [0, 0.05) is 10.8 Å². The second kappa shape index (κ2) is 4.34. The van der Waals surface area contributed by atoms with Gasteiger partial charge in [0.1, 0.15) is 0 Å². The fourth-order valence-electron chi connectivity index (χ4n) is 4.33. The number of carboxylic acid groups (broad SMARTS) is 1. The van der Waals surface area contributed by atoms with Gasteiger partial charge in [-0.05, 0) is 68.1 Å². The Balaban J connectivity index is 1.68. The molecule has 4 fully saturated rings. The van der Waals surface area contributed by atoms with Crippen molar-refractivity contribution in [1.29, 1.82) is 0 Å². The van der Waals surface area contributed by atoms with Crippen LogP contribution in [-0.4, -0.2) is 16.3 Å². The van der Waals surface area contributed by atoms with Gasteiger partial charge < -0.3 is 5.11 Å². The van der Waals surface area contributed by atoms with Crippen LogP contribution >= 0.6 is 11.8 Å². The zero-order valence-corrected chi connectivity index (χ0v) is 11.1. The number of carboxylic acids is 1. The van der Waals surface area contributed by atoms with Gasteiger partial charge in [0.2, 0.25) is 0 Å². The highest BCUT2D eigenvalue weighted by Crippen LogP contribution is 2.57. The normalized spacial score (nSPS) is 44.1. The first-order chi connectivity index (χ1) is 8.13. The predicted molar refractivity (Wildman–Crippen MR) is 69.8 cm³/mol. The minimum Gasteiger partial charge on any atom is -0.478 e. The molecule has 0 spiro atoms. The summed E-state index contributed by atoms with van der Waals surface area (Å²) in [6.07, 6.45) is 7.11. The summed E-state index contributed by atoms with van der Waals surface area (Å²) < 4.78 is 0. The van der Waals surface area contributed by atoms with Crippen molar-refractivity contribution in [3.63, 3.8) is 0 Å². The Labute approximate surface area is 107 Å². The summed E-state index contributed by atoms with van der Waals surface area (Å²) in [4.78, 5) is 10.8. The molecule has 94 valence electrons. The number of aliphatic carboxylic acids is 1. The van der Waals surface area contributed by atoms with Crippen LogP contribution in [0.25, 0.3) is 0 Å². The summed E-state index contributed by atoms with van der Waals surface area (Å²) in [7, 11) is 0. The van der Waals surface area contributed by atoms with Crippen LogP contribution in [0.4, 0.5) is 0 Å². The van der Waals surface area contributed by atoms with E-state index >= 15 is 0 Å². The van der Waals surface area contributed by atoms with Crippen LogP contribution in [0.15, 0.2) is 11.0 Å². The number of hydrogen-bond donors (Lipinski definition) is 1. The Hall–Kier alpha value is -0.440. The predicted octanol–water partition coefficient (Wildman–Crippen LogP) is 3.53. The van der Waals surface area contributed by atoms with Gasteiger partial charge >= 0.3 is 5.97 Å². The lowest BCUT2D eigenvalue weighted by Gasteiger charge is -2.54.